The average molecular weight is 486 g/mol. The number of hydrogen-bond donors (Lipinski definition) is 2. The van der Waals surface area contributed by atoms with E-state index in [9.17, 15) is 9.59 Å². The van der Waals surface area contributed by atoms with Crippen molar-refractivity contribution in [1.29, 1.82) is 0 Å². The van der Waals surface area contributed by atoms with Crippen molar-refractivity contribution in [2.45, 2.75) is 25.0 Å². The predicted molar refractivity (Wildman–Crippen MR) is 127 cm³/mol. The first kappa shape index (κ1) is 22.9. The number of carbonyl (C=O) groups excluding carboxylic acids is 2. The molecule has 0 spiro atoms. The van der Waals surface area contributed by atoms with Crippen LogP contribution in [0.3, 0.4) is 0 Å². The minimum absolute atomic E-state index is 0.246. The molecule has 3 aromatic rings. The topological polar surface area (TPSA) is 107 Å². The molecule has 2 aromatic heterocycles. The summed E-state index contributed by atoms with van der Waals surface area (Å²) in [5.74, 6) is 1.19. The molecule has 1 aromatic carbocycles. The van der Waals surface area contributed by atoms with Gasteiger partial charge in [0.05, 0.1) is 35.9 Å². The molecule has 0 radical (unpaired) electrons. The van der Waals surface area contributed by atoms with Gasteiger partial charge >= 0.3 is 12.0 Å². The second-order valence-corrected chi connectivity index (χ2v) is 8.90. The predicted octanol–water partition coefficient (Wildman–Crippen LogP) is 3.62. The summed E-state index contributed by atoms with van der Waals surface area (Å²) in [6.45, 7) is 3.74. The Morgan fingerprint density at radius 1 is 1.24 bits per heavy atom. The summed E-state index contributed by atoms with van der Waals surface area (Å²) >= 11 is 2.92. The normalized spacial score (nSPS) is 15.7. The van der Waals surface area contributed by atoms with Crippen LogP contribution in [0.4, 0.5) is 4.79 Å². The van der Waals surface area contributed by atoms with Crippen LogP contribution in [0.15, 0.2) is 58.2 Å². The van der Waals surface area contributed by atoms with Crippen LogP contribution in [0.5, 0.6) is 5.75 Å². The molecular weight excluding hydrogens is 462 g/mol. The summed E-state index contributed by atoms with van der Waals surface area (Å²) in [4.78, 5) is 25.6. The molecule has 2 amide bonds. The largest absolute Gasteiger partial charge is 0.495 e. The maximum atomic E-state index is 12.5. The van der Waals surface area contributed by atoms with Crippen LogP contribution >= 0.6 is 23.1 Å². The van der Waals surface area contributed by atoms with Crippen LogP contribution in [0.1, 0.15) is 13.8 Å². The van der Waals surface area contributed by atoms with Gasteiger partial charge in [-0.25, -0.2) is 9.59 Å². The number of para-hydroxylation sites is 2. The van der Waals surface area contributed by atoms with Crippen molar-refractivity contribution in [3.05, 3.63) is 53.0 Å². The third kappa shape index (κ3) is 4.74. The summed E-state index contributed by atoms with van der Waals surface area (Å²) in [6, 6.07) is 10.7. The van der Waals surface area contributed by atoms with Crippen LogP contribution < -0.4 is 15.4 Å². The van der Waals surface area contributed by atoms with Crippen molar-refractivity contribution in [2.75, 3.05) is 19.5 Å². The number of hydrogen-bond acceptors (Lipinski definition) is 8. The van der Waals surface area contributed by atoms with Gasteiger partial charge in [0.25, 0.3) is 0 Å². The highest BCUT2D eigenvalue weighted by Gasteiger charge is 2.30. The minimum atomic E-state index is -0.470. The number of rotatable bonds is 8. The van der Waals surface area contributed by atoms with E-state index >= 15 is 0 Å². The lowest BCUT2D eigenvalue weighted by Gasteiger charge is -2.26. The molecule has 11 heteroatoms. The van der Waals surface area contributed by atoms with Crippen LogP contribution in [0.2, 0.25) is 0 Å². The van der Waals surface area contributed by atoms with Crippen molar-refractivity contribution >= 4 is 35.1 Å². The zero-order valence-corrected chi connectivity index (χ0v) is 20.0. The SMILES string of the molecule is CCOC(=O)C1=C(CSc2nnc(-c3cccs3)n2-c2ccccc2OC)NC(=O)NC1C. The van der Waals surface area contributed by atoms with Gasteiger partial charge in [-0.15, -0.1) is 21.5 Å². The average Bonchev–Trinajstić information content (AvgIpc) is 3.47. The van der Waals surface area contributed by atoms with E-state index < -0.39 is 12.0 Å². The second kappa shape index (κ2) is 10.1. The smallest absolute Gasteiger partial charge is 0.337 e. The van der Waals surface area contributed by atoms with E-state index in [1.165, 1.54) is 11.8 Å². The molecular formula is C22H23N5O4S2. The third-order valence-corrected chi connectivity index (χ3v) is 6.73. The molecule has 9 nitrogen and oxygen atoms in total. The van der Waals surface area contributed by atoms with Crippen LogP contribution in [0, 0.1) is 0 Å². The van der Waals surface area contributed by atoms with E-state index in [-0.39, 0.29) is 12.6 Å². The highest BCUT2D eigenvalue weighted by molar-refractivity contribution is 7.99. The Balaban J connectivity index is 1.73. The van der Waals surface area contributed by atoms with Crippen LogP contribution in [-0.2, 0) is 9.53 Å². The monoisotopic (exact) mass is 485 g/mol. The summed E-state index contributed by atoms with van der Waals surface area (Å²) < 4.78 is 12.7. The van der Waals surface area contributed by atoms with Gasteiger partial charge < -0.3 is 20.1 Å². The van der Waals surface area contributed by atoms with E-state index in [1.54, 1.807) is 32.3 Å². The Morgan fingerprint density at radius 2 is 2.06 bits per heavy atom. The molecule has 3 heterocycles. The summed E-state index contributed by atoms with van der Waals surface area (Å²) in [5.41, 5.74) is 1.67. The summed E-state index contributed by atoms with van der Waals surface area (Å²) in [7, 11) is 1.61. The molecule has 4 rings (SSSR count). The van der Waals surface area contributed by atoms with Crippen molar-refractivity contribution in [3.63, 3.8) is 0 Å². The van der Waals surface area contributed by atoms with E-state index in [4.69, 9.17) is 9.47 Å². The van der Waals surface area contributed by atoms with E-state index in [0.717, 1.165) is 10.6 Å². The van der Waals surface area contributed by atoms with Crippen molar-refractivity contribution in [3.8, 4) is 22.1 Å². The molecule has 1 aliphatic heterocycles. The molecule has 172 valence electrons. The van der Waals surface area contributed by atoms with Crippen molar-refractivity contribution in [1.82, 2.24) is 25.4 Å². The minimum Gasteiger partial charge on any atom is -0.495 e. The lowest BCUT2D eigenvalue weighted by Crippen LogP contribution is -2.49. The number of thioether (sulfide) groups is 1. The standard InChI is InChI=1S/C22H23N5O4S2/c1-4-31-20(28)18-13(2)23-21(29)24-14(18)12-33-22-26-25-19(17-10-7-11-32-17)27(22)15-8-5-6-9-16(15)30-3/h5-11,13H,4,12H2,1-3H3,(H2,23,24,29). The zero-order valence-electron chi connectivity index (χ0n) is 18.3. The molecule has 33 heavy (non-hydrogen) atoms. The number of ether oxygens (including phenoxy) is 2. The number of amides is 2. The number of benzene rings is 1. The van der Waals surface area contributed by atoms with Gasteiger partial charge in [-0.2, -0.15) is 0 Å². The number of nitrogens with zero attached hydrogens (tertiary/aromatic N) is 3. The maximum Gasteiger partial charge on any atom is 0.337 e. The van der Waals surface area contributed by atoms with E-state index in [1.807, 2.05) is 46.3 Å². The Labute approximate surface area is 199 Å². The van der Waals surface area contributed by atoms with Gasteiger partial charge in [0.2, 0.25) is 0 Å². The van der Waals surface area contributed by atoms with Crippen molar-refractivity contribution < 1.29 is 19.1 Å². The Morgan fingerprint density at radius 3 is 2.79 bits per heavy atom. The van der Waals surface area contributed by atoms with Crippen molar-refractivity contribution in [2.24, 2.45) is 0 Å². The second-order valence-electron chi connectivity index (χ2n) is 7.01. The molecule has 1 unspecified atom stereocenters. The lowest BCUT2D eigenvalue weighted by atomic mass is 10.1. The molecule has 1 aliphatic rings. The Kier molecular flexibility index (Phi) is 6.99. The number of nitrogens with one attached hydrogen (secondary N) is 2. The first-order chi connectivity index (χ1) is 16.0. The first-order valence-corrected chi connectivity index (χ1v) is 12.1. The van der Waals surface area contributed by atoms with Gasteiger partial charge in [0.15, 0.2) is 11.0 Å². The van der Waals surface area contributed by atoms with Gasteiger partial charge in [-0.3, -0.25) is 4.57 Å². The number of carbonyl (C=O) groups is 2. The van der Waals surface area contributed by atoms with Gasteiger partial charge in [-0.05, 0) is 37.4 Å². The molecule has 1 atom stereocenters. The molecule has 2 N–H and O–H groups in total. The third-order valence-electron chi connectivity index (χ3n) is 4.91. The van der Waals surface area contributed by atoms with E-state index in [0.29, 0.717) is 33.8 Å². The Bertz CT molecular complexity index is 1190. The number of urea groups is 1. The van der Waals surface area contributed by atoms with Crippen LogP contribution in [0.25, 0.3) is 16.4 Å². The number of esters is 1. The summed E-state index contributed by atoms with van der Waals surface area (Å²) in [5, 5.41) is 16.9. The molecule has 0 bridgehead atoms. The van der Waals surface area contributed by atoms with Gasteiger partial charge in [0.1, 0.15) is 5.75 Å². The fourth-order valence-corrected chi connectivity index (χ4v) is 5.10. The fraction of sp³-hybridized carbons (Fsp3) is 0.273. The molecule has 0 saturated carbocycles. The molecule has 0 aliphatic carbocycles. The lowest BCUT2D eigenvalue weighted by molar-refractivity contribution is -0.138. The van der Waals surface area contributed by atoms with Gasteiger partial charge in [0, 0.05) is 11.4 Å². The number of methoxy groups -OCH3 is 1. The first-order valence-electron chi connectivity index (χ1n) is 10.3. The zero-order chi connectivity index (χ0) is 23.4. The maximum absolute atomic E-state index is 12.5. The van der Waals surface area contributed by atoms with E-state index in [2.05, 4.69) is 20.8 Å². The number of thiophene rings is 1. The number of aromatic nitrogens is 3. The van der Waals surface area contributed by atoms with Gasteiger partial charge in [-0.1, -0.05) is 30.0 Å². The highest BCUT2D eigenvalue weighted by Crippen LogP contribution is 2.34. The molecule has 0 saturated heterocycles. The fourth-order valence-electron chi connectivity index (χ4n) is 3.49. The summed E-state index contributed by atoms with van der Waals surface area (Å²) in [6.07, 6.45) is 0. The van der Waals surface area contributed by atoms with Crippen LogP contribution in [-0.4, -0.2) is 52.3 Å². The molecule has 0 fully saturated rings. The Hall–Kier alpha value is -3.31. The quantitative estimate of drug-likeness (QED) is 0.371. The highest BCUT2D eigenvalue weighted by atomic mass is 32.2.